The molecular formula is C12H12ClNO2. The highest BCUT2D eigenvalue weighted by Crippen LogP contribution is 2.28. The fraction of sp³-hybridized carbons (Fsp3) is 0.333. The zero-order valence-electron chi connectivity index (χ0n) is 9.16. The lowest BCUT2D eigenvalue weighted by molar-refractivity contribution is 0.0970. The lowest BCUT2D eigenvalue weighted by Gasteiger charge is -2.09. The molecule has 0 aliphatic carbocycles. The van der Waals surface area contributed by atoms with Gasteiger partial charge in [0.25, 0.3) is 0 Å². The van der Waals surface area contributed by atoms with Crippen molar-refractivity contribution in [3.05, 3.63) is 28.8 Å². The van der Waals surface area contributed by atoms with Crippen molar-refractivity contribution in [2.24, 2.45) is 5.92 Å². The molecule has 1 aromatic rings. The van der Waals surface area contributed by atoms with Gasteiger partial charge in [-0.2, -0.15) is 5.26 Å². The number of methoxy groups -OCH3 is 1. The fourth-order valence-electron chi connectivity index (χ4n) is 1.37. The second-order valence-electron chi connectivity index (χ2n) is 3.47. The minimum atomic E-state index is -0.325. The van der Waals surface area contributed by atoms with Crippen molar-refractivity contribution in [3.63, 3.8) is 0 Å². The van der Waals surface area contributed by atoms with Gasteiger partial charge in [-0.1, -0.05) is 17.7 Å². The van der Waals surface area contributed by atoms with Crippen LogP contribution in [0.25, 0.3) is 0 Å². The average Bonchev–Trinajstić information content (AvgIpc) is 2.28. The first-order valence-electron chi connectivity index (χ1n) is 4.85. The molecule has 0 saturated heterocycles. The Morgan fingerprint density at radius 3 is 2.88 bits per heavy atom. The third kappa shape index (κ3) is 2.74. The summed E-state index contributed by atoms with van der Waals surface area (Å²) in [4.78, 5) is 11.9. The maximum Gasteiger partial charge on any atom is 0.169 e. The number of ketones is 1. The van der Waals surface area contributed by atoms with Gasteiger partial charge < -0.3 is 4.74 Å². The Morgan fingerprint density at radius 2 is 2.31 bits per heavy atom. The van der Waals surface area contributed by atoms with Crippen LogP contribution < -0.4 is 4.74 Å². The van der Waals surface area contributed by atoms with Crippen LogP contribution in [0.3, 0.4) is 0 Å². The van der Waals surface area contributed by atoms with Crippen LogP contribution in [0, 0.1) is 17.2 Å². The molecule has 0 radical (unpaired) electrons. The summed E-state index contributed by atoms with van der Waals surface area (Å²) in [5, 5.41) is 9.02. The standard InChI is InChI=1S/C12H12ClNO2/c1-8(7-14)6-10(15)12-9(13)4-3-5-11(12)16-2/h3-5,8H,6H2,1-2H3. The molecule has 84 valence electrons. The normalized spacial score (nSPS) is 11.6. The number of nitrogens with zero attached hydrogens (tertiary/aromatic N) is 1. The van der Waals surface area contributed by atoms with E-state index in [1.807, 2.05) is 6.07 Å². The van der Waals surface area contributed by atoms with Crippen LogP contribution in [0.1, 0.15) is 23.7 Å². The number of nitriles is 1. The van der Waals surface area contributed by atoms with E-state index in [9.17, 15) is 4.79 Å². The predicted molar refractivity (Wildman–Crippen MR) is 61.7 cm³/mol. The fourth-order valence-corrected chi connectivity index (χ4v) is 1.64. The van der Waals surface area contributed by atoms with E-state index in [0.29, 0.717) is 16.3 Å². The number of rotatable bonds is 4. The molecule has 1 rings (SSSR count). The number of carbonyl (C=O) groups excluding carboxylic acids is 1. The Labute approximate surface area is 99.6 Å². The first kappa shape index (κ1) is 12.5. The number of ether oxygens (including phenoxy) is 1. The van der Waals surface area contributed by atoms with Crippen molar-refractivity contribution >= 4 is 17.4 Å². The van der Waals surface area contributed by atoms with E-state index in [1.54, 1.807) is 25.1 Å². The van der Waals surface area contributed by atoms with Gasteiger partial charge in [-0.15, -0.1) is 0 Å². The Bertz CT molecular complexity index is 437. The van der Waals surface area contributed by atoms with Gasteiger partial charge in [0.2, 0.25) is 0 Å². The van der Waals surface area contributed by atoms with Crippen LogP contribution in [-0.2, 0) is 0 Å². The third-order valence-electron chi connectivity index (χ3n) is 2.19. The maximum absolute atomic E-state index is 11.9. The molecular weight excluding hydrogens is 226 g/mol. The van der Waals surface area contributed by atoms with E-state index in [1.165, 1.54) is 7.11 Å². The molecule has 16 heavy (non-hydrogen) atoms. The van der Waals surface area contributed by atoms with E-state index in [0.717, 1.165) is 0 Å². The largest absolute Gasteiger partial charge is 0.496 e. The number of Topliss-reactive ketones (excluding diaryl/α,β-unsaturated/α-hetero) is 1. The molecule has 0 aliphatic rings. The van der Waals surface area contributed by atoms with Gasteiger partial charge in [-0.25, -0.2) is 0 Å². The summed E-state index contributed by atoms with van der Waals surface area (Å²) in [6, 6.07) is 7.04. The summed E-state index contributed by atoms with van der Waals surface area (Å²) in [6.07, 6.45) is 0.149. The van der Waals surface area contributed by atoms with Crippen molar-refractivity contribution < 1.29 is 9.53 Å². The number of hydrogen-bond donors (Lipinski definition) is 0. The Hall–Kier alpha value is -1.53. The van der Waals surface area contributed by atoms with Gasteiger partial charge in [0.05, 0.1) is 29.7 Å². The Morgan fingerprint density at radius 1 is 1.62 bits per heavy atom. The molecule has 3 nitrogen and oxygen atoms in total. The van der Waals surface area contributed by atoms with Crippen LogP contribution in [0.2, 0.25) is 5.02 Å². The predicted octanol–water partition coefficient (Wildman–Crippen LogP) is 3.08. The van der Waals surface area contributed by atoms with Gasteiger partial charge >= 0.3 is 0 Å². The lowest BCUT2D eigenvalue weighted by Crippen LogP contribution is -2.07. The van der Waals surface area contributed by atoms with Crippen molar-refractivity contribution in [2.75, 3.05) is 7.11 Å². The van der Waals surface area contributed by atoms with Gasteiger partial charge in [0.1, 0.15) is 5.75 Å². The molecule has 1 unspecified atom stereocenters. The maximum atomic E-state index is 11.9. The number of hydrogen-bond acceptors (Lipinski definition) is 3. The average molecular weight is 238 g/mol. The van der Waals surface area contributed by atoms with Crippen LogP contribution in [0.4, 0.5) is 0 Å². The molecule has 0 fully saturated rings. The molecule has 1 atom stereocenters. The van der Waals surface area contributed by atoms with Crippen molar-refractivity contribution in [1.29, 1.82) is 5.26 Å². The van der Waals surface area contributed by atoms with Gasteiger partial charge in [0.15, 0.2) is 5.78 Å². The minimum Gasteiger partial charge on any atom is -0.496 e. The van der Waals surface area contributed by atoms with E-state index >= 15 is 0 Å². The number of benzene rings is 1. The number of carbonyl (C=O) groups is 1. The smallest absolute Gasteiger partial charge is 0.169 e. The zero-order chi connectivity index (χ0) is 12.1. The highest BCUT2D eigenvalue weighted by atomic mass is 35.5. The Kier molecular flexibility index (Phi) is 4.33. The summed E-state index contributed by atoms with van der Waals surface area (Å²) in [6.45, 7) is 1.70. The molecule has 0 aromatic heterocycles. The van der Waals surface area contributed by atoms with Crippen molar-refractivity contribution in [3.8, 4) is 11.8 Å². The summed E-state index contributed by atoms with van der Waals surface area (Å²) >= 11 is 5.95. The molecule has 0 N–H and O–H groups in total. The first-order chi connectivity index (χ1) is 7.60. The molecule has 0 bridgehead atoms. The van der Waals surface area contributed by atoms with Gasteiger partial charge in [0, 0.05) is 6.42 Å². The van der Waals surface area contributed by atoms with Crippen LogP contribution in [0.15, 0.2) is 18.2 Å². The molecule has 4 heteroatoms. The lowest BCUT2D eigenvalue weighted by atomic mass is 10.00. The molecule has 1 aromatic carbocycles. The summed E-state index contributed by atoms with van der Waals surface area (Å²) < 4.78 is 5.07. The SMILES string of the molecule is COc1cccc(Cl)c1C(=O)CC(C)C#N. The summed E-state index contributed by atoms with van der Waals surface area (Å²) in [5.74, 6) is -0.0485. The molecule has 0 amide bonds. The molecule has 0 heterocycles. The minimum absolute atomic E-state index is 0.149. The second-order valence-corrected chi connectivity index (χ2v) is 3.88. The highest BCUT2D eigenvalue weighted by molar-refractivity contribution is 6.34. The molecule has 0 spiro atoms. The Balaban J connectivity index is 3.03. The first-order valence-corrected chi connectivity index (χ1v) is 5.23. The monoisotopic (exact) mass is 237 g/mol. The molecule has 0 aliphatic heterocycles. The van der Waals surface area contributed by atoms with E-state index in [-0.39, 0.29) is 18.1 Å². The van der Waals surface area contributed by atoms with Gasteiger partial charge in [-0.05, 0) is 19.1 Å². The highest BCUT2D eigenvalue weighted by Gasteiger charge is 2.18. The van der Waals surface area contributed by atoms with Crippen LogP contribution >= 0.6 is 11.6 Å². The molecule has 0 saturated carbocycles. The second kappa shape index (κ2) is 5.53. The number of halogens is 1. The summed E-state index contributed by atoms with van der Waals surface area (Å²) in [5.41, 5.74) is 0.355. The van der Waals surface area contributed by atoms with E-state index in [2.05, 4.69) is 0 Å². The van der Waals surface area contributed by atoms with Crippen molar-refractivity contribution in [1.82, 2.24) is 0 Å². The van der Waals surface area contributed by atoms with Crippen LogP contribution in [0.5, 0.6) is 5.75 Å². The van der Waals surface area contributed by atoms with Crippen molar-refractivity contribution in [2.45, 2.75) is 13.3 Å². The zero-order valence-corrected chi connectivity index (χ0v) is 9.91. The van der Waals surface area contributed by atoms with Gasteiger partial charge in [-0.3, -0.25) is 4.79 Å². The third-order valence-corrected chi connectivity index (χ3v) is 2.50. The quantitative estimate of drug-likeness (QED) is 0.756. The van der Waals surface area contributed by atoms with Crippen LogP contribution in [-0.4, -0.2) is 12.9 Å². The van der Waals surface area contributed by atoms with E-state index in [4.69, 9.17) is 21.6 Å². The topological polar surface area (TPSA) is 50.1 Å². The summed E-state index contributed by atoms with van der Waals surface area (Å²) in [7, 11) is 1.48. The van der Waals surface area contributed by atoms with E-state index < -0.39 is 0 Å².